The lowest BCUT2D eigenvalue weighted by molar-refractivity contribution is -0.125. The van der Waals surface area contributed by atoms with Gasteiger partial charge in [0.2, 0.25) is 5.91 Å². The van der Waals surface area contributed by atoms with Crippen LogP contribution in [0.15, 0.2) is 42.6 Å². The van der Waals surface area contributed by atoms with E-state index in [2.05, 4.69) is 16.8 Å². The average Bonchev–Trinajstić information content (AvgIpc) is 3.14. The summed E-state index contributed by atoms with van der Waals surface area (Å²) < 4.78 is 16.2. The molecule has 188 valence electrons. The molecule has 2 aromatic rings. The van der Waals surface area contributed by atoms with Crippen LogP contribution in [0.1, 0.15) is 49.0 Å². The Morgan fingerprint density at radius 3 is 2.63 bits per heavy atom. The SMILES string of the molecule is CCCCOc1ccc(/C=C/C(=O)N2CCCN(c3ccc(C(=O)OCC)cn3)CC2)cc1OC. The number of benzene rings is 1. The summed E-state index contributed by atoms with van der Waals surface area (Å²) in [6.07, 6.45) is 7.84. The van der Waals surface area contributed by atoms with E-state index in [4.69, 9.17) is 14.2 Å². The molecule has 1 aromatic carbocycles. The number of methoxy groups -OCH3 is 1. The molecule has 0 unspecified atom stereocenters. The molecule has 1 amide bonds. The molecule has 1 aliphatic heterocycles. The Morgan fingerprint density at radius 1 is 1.06 bits per heavy atom. The van der Waals surface area contributed by atoms with Gasteiger partial charge < -0.3 is 24.0 Å². The summed E-state index contributed by atoms with van der Waals surface area (Å²) in [6, 6.07) is 9.23. The van der Waals surface area contributed by atoms with Gasteiger partial charge in [-0.05, 0) is 55.7 Å². The first-order valence-electron chi connectivity index (χ1n) is 12.2. The van der Waals surface area contributed by atoms with Gasteiger partial charge >= 0.3 is 5.97 Å². The van der Waals surface area contributed by atoms with Crippen LogP contribution in [0.2, 0.25) is 0 Å². The van der Waals surface area contributed by atoms with Gasteiger partial charge in [-0.1, -0.05) is 19.4 Å². The van der Waals surface area contributed by atoms with E-state index in [1.165, 1.54) is 6.20 Å². The summed E-state index contributed by atoms with van der Waals surface area (Å²) in [4.78, 5) is 33.1. The normalized spacial score (nSPS) is 14.0. The highest BCUT2D eigenvalue weighted by atomic mass is 16.5. The molecule has 0 atom stereocenters. The summed E-state index contributed by atoms with van der Waals surface area (Å²) in [5.74, 6) is 1.75. The highest BCUT2D eigenvalue weighted by Gasteiger charge is 2.19. The van der Waals surface area contributed by atoms with Crippen LogP contribution in [0.3, 0.4) is 0 Å². The fourth-order valence-electron chi connectivity index (χ4n) is 3.78. The number of ether oxygens (including phenoxy) is 3. The number of amides is 1. The van der Waals surface area contributed by atoms with Crippen molar-refractivity contribution >= 4 is 23.8 Å². The number of hydrogen-bond donors (Lipinski definition) is 0. The maximum Gasteiger partial charge on any atom is 0.339 e. The molecular formula is C27H35N3O5. The number of esters is 1. The monoisotopic (exact) mass is 481 g/mol. The molecule has 2 heterocycles. The van der Waals surface area contributed by atoms with Crippen LogP contribution in [-0.4, -0.2) is 68.3 Å². The number of carbonyl (C=O) groups is 2. The summed E-state index contributed by atoms with van der Waals surface area (Å²) >= 11 is 0. The van der Waals surface area contributed by atoms with Gasteiger partial charge in [-0.15, -0.1) is 0 Å². The van der Waals surface area contributed by atoms with Crippen LogP contribution in [0.5, 0.6) is 11.5 Å². The zero-order chi connectivity index (χ0) is 25.0. The van der Waals surface area contributed by atoms with E-state index < -0.39 is 0 Å². The lowest BCUT2D eigenvalue weighted by Gasteiger charge is -2.22. The number of anilines is 1. The smallest absolute Gasteiger partial charge is 0.339 e. The third kappa shape index (κ3) is 7.47. The Hall–Kier alpha value is -3.55. The van der Waals surface area contributed by atoms with Crippen molar-refractivity contribution in [3.05, 3.63) is 53.7 Å². The quantitative estimate of drug-likeness (QED) is 0.286. The maximum atomic E-state index is 12.8. The number of aromatic nitrogens is 1. The molecule has 0 spiro atoms. The minimum Gasteiger partial charge on any atom is -0.493 e. The van der Waals surface area contributed by atoms with Crippen molar-refractivity contribution in [1.29, 1.82) is 0 Å². The van der Waals surface area contributed by atoms with Crippen LogP contribution in [0.4, 0.5) is 5.82 Å². The van der Waals surface area contributed by atoms with Gasteiger partial charge in [0.25, 0.3) is 0 Å². The zero-order valence-corrected chi connectivity index (χ0v) is 20.9. The third-order valence-corrected chi connectivity index (χ3v) is 5.75. The maximum absolute atomic E-state index is 12.8. The Balaban J connectivity index is 1.57. The summed E-state index contributed by atoms with van der Waals surface area (Å²) in [7, 11) is 1.61. The highest BCUT2D eigenvalue weighted by Crippen LogP contribution is 2.28. The van der Waals surface area contributed by atoms with E-state index in [9.17, 15) is 9.59 Å². The molecule has 1 aliphatic rings. The molecule has 3 rings (SSSR count). The van der Waals surface area contributed by atoms with Gasteiger partial charge in [-0.3, -0.25) is 4.79 Å². The van der Waals surface area contributed by atoms with Crippen molar-refractivity contribution in [2.45, 2.75) is 33.1 Å². The Labute approximate surface area is 207 Å². The standard InChI is InChI=1S/C27H35N3O5/c1-4-6-18-35-23-11-8-21(19-24(23)33-3)9-13-26(31)30-15-7-14-29(16-17-30)25-12-10-22(20-28-25)27(32)34-5-2/h8-13,19-20H,4-7,14-18H2,1-3H3/b13-9+. The van der Waals surface area contributed by atoms with Crippen molar-refractivity contribution in [2.24, 2.45) is 0 Å². The molecule has 8 heteroatoms. The van der Waals surface area contributed by atoms with Crippen LogP contribution < -0.4 is 14.4 Å². The molecule has 0 aliphatic carbocycles. The minimum absolute atomic E-state index is 0.0280. The van der Waals surface area contributed by atoms with Gasteiger partial charge in [0.1, 0.15) is 5.82 Å². The first-order chi connectivity index (χ1) is 17.0. The van der Waals surface area contributed by atoms with E-state index in [1.54, 1.807) is 32.3 Å². The number of hydrogen-bond acceptors (Lipinski definition) is 7. The second kappa shape index (κ2) is 13.4. The van der Waals surface area contributed by atoms with Crippen LogP contribution in [-0.2, 0) is 9.53 Å². The molecule has 0 saturated carbocycles. The molecule has 8 nitrogen and oxygen atoms in total. The summed E-state index contributed by atoms with van der Waals surface area (Å²) in [6.45, 7) is 7.60. The molecule has 35 heavy (non-hydrogen) atoms. The van der Waals surface area contributed by atoms with Crippen molar-refractivity contribution in [3.8, 4) is 11.5 Å². The molecule has 1 saturated heterocycles. The fourth-order valence-corrected chi connectivity index (χ4v) is 3.78. The number of nitrogens with zero attached hydrogens (tertiary/aromatic N) is 3. The van der Waals surface area contributed by atoms with Gasteiger partial charge in [0, 0.05) is 38.5 Å². The molecular weight excluding hydrogens is 446 g/mol. The summed E-state index contributed by atoms with van der Waals surface area (Å²) in [5, 5.41) is 0. The van der Waals surface area contributed by atoms with Crippen molar-refractivity contribution in [1.82, 2.24) is 9.88 Å². The third-order valence-electron chi connectivity index (χ3n) is 5.75. The van der Waals surface area contributed by atoms with E-state index in [0.717, 1.165) is 37.2 Å². The molecule has 0 N–H and O–H groups in total. The molecule has 0 bridgehead atoms. The van der Waals surface area contributed by atoms with Crippen molar-refractivity contribution < 1.29 is 23.8 Å². The number of unbranched alkanes of at least 4 members (excludes halogenated alkanes) is 1. The predicted octanol–water partition coefficient (Wildman–Crippen LogP) is 4.20. The number of pyridine rings is 1. The van der Waals surface area contributed by atoms with Crippen LogP contribution >= 0.6 is 0 Å². The van der Waals surface area contributed by atoms with Gasteiger partial charge in [-0.25, -0.2) is 9.78 Å². The Morgan fingerprint density at radius 2 is 1.91 bits per heavy atom. The van der Waals surface area contributed by atoms with Crippen LogP contribution in [0.25, 0.3) is 6.08 Å². The molecule has 1 aromatic heterocycles. The molecule has 1 fully saturated rings. The fraction of sp³-hybridized carbons (Fsp3) is 0.444. The lowest BCUT2D eigenvalue weighted by Crippen LogP contribution is -2.34. The molecule has 0 radical (unpaired) electrons. The number of rotatable bonds is 10. The second-order valence-corrected chi connectivity index (χ2v) is 8.24. The summed E-state index contributed by atoms with van der Waals surface area (Å²) in [5.41, 5.74) is 1.31. The van der Waals surface area contributed by atoms with E-state index >= 15 is 0 Å². The highest BCUT2D eigenvalue weighted by molar-refractivity contribution is 5.92. The average molecular weight is 482 g/mol. The van der Waals surface area contributed by atoms with Gasteiger partial charge in [0.15, 0.2) is 11.5 Å². The van der Waals surface area contributed by atoms with Crippen molar-refractivity contribution in [2.75, 3.05) is 51.4 Å². The lowest BCUT2D eigenvalue weighted by atomic mass is 10.2. The van der Waals surface area contributed by atoms with E-state index in [-0.39, 0.29) is 11.9 Å². The first kappa shape index (κ1) is 26.1. The topological polar surface area (TPSA) is 81.2 Å². The Kier molecular flexibility index (Phi) is 9.95. The zero-order valence-electron chi connectivity index (χ0n) is 20.9. The number of carbonyl (C=O) groups excluding carboxylic acids is 2. The second-order valence-electron chi connectivity index (χ2n) is 8.24. The van der Waals surface area contributed by atoms with Crippen molar-refractivity contribution in [3.63, 3.8) is 0 Å². The van der Waals surface area contributed by atoms with Gasteiger partial charge in [-0.2, -0.15) is 0 Å². The predicted molar refractivity (Wildman–Crippen MR) is 136 cm³/mol. The van der Waals surface area contributed by atoms with Crippen LogP contribution in [0, 0.1) is 0 Å². The van der Waals surface area contributed by atoms with Gasteiger partial charge in [0.05, 0.1) is 25.9 Å². The first-order valence-corrected chi connectivity index (χ1v) is 12.2. The van der Waals surface area contributed by atoms with E-state index in [0.29, 0.717) is 49.9 Å². The van der Waals surface area contributed by atoms with E-state index in [1.807, 2.05) is 29.2 Å². The Bertz CT molecular complexity index is 1010. The minimum atomic E-state index is -0.373. The largest absolute Gasteiger partial charge is 0.493 e.